The number of aromatic nitrogens is 1. The van der Waals surface area contributed by atoms with E-state index in [4.69, 9.17) is 5.21 Å². The predicted octanol–water partition coefficient (Wildman–Crippen LogP) is 1.46. The number of hydrogen-bond acceptors (Lipinski definition) is 5. The number of carbonyl (C=O) groups excluding carboxylic acids is 1. The monoisotopic (exact) mass is 325 g/mol. The molecule has 2 N–H and O–H groups in total. The molecule has 0 spiro atoms. The standard InChI is InChI=1S/C14H13F2N3O4/c1-8(20)18(13-7-9(19(21)22)3-4-17-13)10-5-11(15)14(23-2)12(16)6-10/h3-7,19,21H,1-2H3. The summed E-state index contributed by atoms with van der Waals surface area (Å²) < 4.78 is 32.3. The quantitative estimate of drug-likeness (QED) is 0.831. The average molecular weight is 325 g/mol. The van der Waals surface area contributed by atoms with E-state index in [9.17, 15) is 18.8 Å². The van der Waals surface area contributed by atoms with E-state index in [0.717, 1.165) is 37.1 Å². The minimum absolute atomic E-state index is 0.0682. The Hall–Kier alpha value is -2.62. The summed E-state index contributed by atoms with van der Waals surface area (Å²) in [4.78, 5) is 16.7. The Labute approximate surface area is 129 Å². The number of halogens is 2. The van der Waals surface area contributed by atoms with Crippen molar-refractivity contribution in [2.24, 2.45) is 0 Å². The molecule has 9 heteroatoms. The number of benzene rings is 1. The largest absolute Gasteiger partial charge is 0.595 e. The Bertz CT molecular complexity index is 717. The predicted molar refractivity (Wildman–Crippen MR) is 75.7 cm³/mol. The Balaban J connectivity index is 2.56. The third-order valence-electron chi connectivity index (χ3n) is 2.98. The van der Waals surface area contributed by atoms with Gasteiger partial charge in [0.25, 0.3) is 0 Å². The average Bonchev–Trinajstić information content (AvgIpc) is 2.47. The van der Waals surface area contributed by atoms with Gasteiger partial charge in [0.2, 0.25) is 5.91 Å². The van der Waals surface area contributed by atoms with Crippen molar-refractivity contribution in [3.05, 3.63) is 47.3 Å². The Morgan fingerprint density at radius 3 is 2.43 bits per heavy atom. The normalized spacial score (nSPS) is 11.9. The number of methoxy groups -OCH3 is 1. The van der Waals surface area contributed by atoms with Crippen LogP contribution in [0.25, 0.3) is 0 Å². The zero-order chi connectivity index (χ0) is 17.1. The van der Waals surface area contributed by atoms with Crippen molar-refractivity contribution in [1.29, 1.82) is 0 Å². The molecule has 0 saturated heterocycles. The topological polar surface area (TPSA) is 90.2 Å². The van der Waals surface area contributed by atoms with E-state index in [-0.39, 0.29) is 17.2 Å². The maximum absolute atomic E-state index is 13.8. The fraction of sp³-hybridized carbons (Fsp3) is 0.143. The highest BCUT2D eigenvalue weighted by molar-refractivity contribution is 5.98. The molecule has 0 bridgehead atoms. The van der Waals surface area contributed by atoms with E-state index in [0.29, 0.717) is 0 Å². The lowest BCUT2D eigenvalue weighted by atomic mass is 10.2. The van der Waals surface area contributed by atoms with Gasteiger partial charge in [0.05, 0.1) is 12.8 Å². The van der Waals surface area contributed by atoms with Gasteiger partial charge in [-0.3, -0.25) is 9.69 Å². The molecule has 0 saturated carbocycles. The summed E-state index contributed by atoms with van der Waals surface area (Å²) in [6, 6.07) is 4.17. The summed E-state index contributed by atoms with van der Waals surface area (Å²) in [6.45, 7) is 1.16. The highest BCUT2D eigenvalue weighted by atomic mass is 19.1. The fourth-order valence-corrected chi connectivity index (χ4v) is 2.02. The van der Waals surface area contributed by atoms with Crippen molar-refractivity contribution in [3.8, 4) is 5.75 Å². The Kier molecular flexibility index (Phi) is 4.84. The van der Waals surface area contributed by atoms with Crippen LogP contribution in [0.4, 0.5) is 26.0 Å². The number of nitrogens with one attached hydrogen (secondary N) is 1. The van der Waals surface area contributed by atoms with Crippen molar-refractivity contribution < 1.29 is 28.7 Å². The van der Waals surface area contributed by atoms with Gasteiger partial charge in [0, 0.05) is 37.4 Å². The van der Waals surface area contributed by atoms with Gasteiger partial charge in [-0.15, -0.1) is 0 Å². The minimum atomic E-state index is -1.22. The maximum atomic E-state index is 13.8. The van der Waals surface area contributed by atoms with Crippen LogP contribution in [-0.4, -0.2) is 23.2 Å². The molecule has 0 radical (unpaired) electrons. The van der Waals surface area contributed by atoms with Crippen LogP contribution < -0.4 is 14.9 Å². The van der Waals surface area contributed by atoms with Gasteiger partial charge in [-0.2, -0.15) is 5.23 Å². The molecule has 1 atom stereocenters. The molecule has 0 aliphatic rings. The number of rotatable bonds is 4. The molecular formula is C14H13F2N3O4. The number of ether oxygens (including phenoxy) is 1. The fourth-order valence-electron chi connectivity index (χ4n) is 2.02. The van der Waals surface area contributed by atoms with Crippen LogP contribution in [0, 0.1) is 16.8 Å². The summed E-state index contributed by atoms with van der Waals surface area (Å²) in [5, 5.41) is 18.8. The van der Waals surface area contributed by atoms with Crippen LogP contribution in [0.3, 0.4) is 0 Å². The number of hydrogen-bond donors (Lipinski definition) is 2. The summed E-state index contributed by atoms with van der Waals surface area (Å²) in [5.74, 6) is -3.24. The molecule has 122 valence electrons. The zero-order valence-electron chi connectivity index (χ0n) is 12.2. The second-order valence-electron chi connectivity index (χ2n) is 4.50. The molecule has 23 heavy (non-hydrogen) atoms. The van der Waals surface area contributed by atoms with Gasteiger partial charge >= 0.3 is 0 Å². The number of anilines is 2. The maximum Gasteiger partial charge on any atom is 0.229 e. The molecule has 1 aromatic heterocycles. The van der Waals surface area contributed by atoms with Crippen LogP contribution in [-0.2, 0) is 4.79 Å². The van der Waals surface area contributed by atoms with Crippen LogP contribution >= 0.6 is 0 Å². The Morgan fingerprint density at radius 1 is 1.35 bits per heavy atom. The van der Waals surface area contributed by atoms with E-state index >= 15 is 0 Å². The van der Waals surface area contributed by atoms with Crippen LogP contribution in [0.2, 0.25) is 0 Å². The van der Waals surface area contributed by atoms with E-state index in [1.54, 1.807) is 0 Å². The summed E-state index contributed by atoms with van der Waals surface area (Å²) in [5.41, 5.74) is -0.251. The second-order valence-corrected chi connectivity index (χ2v) is 4.50. The zero-order valence-corrected chi connectivity index (χ0v) is 12.2. The molecule has 7 nitrogen and oxygen atoms in total. The van der Waals surface area contributed by atoms with E-state index in [1.165, 1.54) is 12.3 Å². The highest BCUT2D eigenvalue weighted by Gasteiger charge is 2.21. The molecule has 1 amide bonds. The first-order chi connectivity index (χ1) is 10.8. The lowest BCUT2D eigenvalue weighted by molar-refractivity contribution is -0.991. The third-order valence-corrected chi connectivity index (χ3v) is 2.98. The van der Waals surface area contributed by atoms with Crippen molar-refractivity contribution in [3.63, 3.8) is 0 Å². The molecule has 0 aliphatic heterocycles. The lowest BCUT2D eigenvalue weighted by Crippen LogP contribution is -2.99. The van der Waals surface area contributed by atoms with Crippen molar-refractivity contribution in [2.75, 3.05) is 12.0 Å². The number of pyridine rings is 1. The van der Waals surface area contributed by atoms with E-state index < -0.39 is 28.5 Å². The van der Waals surface area contributed by atoms with Crippen molar-refractivity contribution in [1.82, 2.24) is 4.98 Å². The van der Waals surface area contributed by atoms with Crippen molar-refractivity contribution >= 4 is 23.1 Å². The van der Waals surface area contributed by atoms with Gasteiger partial charge in [-0.05, 0) is 0 Å². The molecule has 2 aromatic rings. The molecule has 1 unspecified atom stereocenters. The lowest BCUT2D eigenvalue weighted by Gasteiger charge is -2.22. The van der Waals surface area contributed by atoms with Gasteiger partial charge in [-0.1, -0.05) is 0 Å². The molecule has 1 aromatic carbocycles. The van der Waals surface area contributed by atoms with Crippen molar-refractivity contribution in [2.45, 2.75) is 6.92 Å². The number of carbonyl (C=O) groups is 1. The SMILES string of the molecule is COc1c(F)cc(N(C(C)=O)c2cc([NH+]([O-])O)ccn2)cc1F. The van der Waals surface area contributed by atoms with Crippen LogP contribution in [0.1, 0.15) is 6.92 Å². The number of quaternary nitrogens is 1. The molecule has 0 aliphatic carbocycles. The second kappa shape index (κ2) is 6.65. The van der Waals surface area contributed by atoms with Gasteiger partial charge in [-0.25, -0.2) is 19.0 Å². The summed E-state index contributed by atoms with van der Waals surface area (Å²) >= 11 is 0. The van der Waals surface area contributed by atoms with Crippen LogP contribution in [0.5, 0.6) is 5.75 Å². The smallest absolute Gasteiger partial charge is 0.229 e. The Morgan fingerprint density at radius 2 is 1.96 bits per heavy atom. The first-order valence-electron chi connectivity index (χ1n) is 6.38. The summed E-state index contributed by atoms with van der Waals surface area (Å²) in [7, 11) is 1.11. The van der Waals surface area contributed by atoms with Gasteiger partial charge < -0.3 is 9.94 Å². The van der Waals surface area contributed by atoms with E-state index in [2.05, 4.69) is 9.72 Å². The highest BCUT2D eigenvalue weighted by Crippen LogP contribution is 2.31. The summed E-state index contributed by atoms with van der Waals surface area (Å²) in [6.07, 6.45) is 1.19. The first kappa shape index (κ1) is 16.7. The minimum Gasteiger partial charge on any atom is -0.595 e. The molecular weight excluding hydrogens is 312 g/mol. The van der Waals surface area contributed by atoms with Crippen LogP contribution in [0.15, 0.2) is 30.5 Å². The number of nitrogens with zero attached hydrogens (tertiary/aromatic N) is 2. The first-order valence-corrected chi connectivity index (χ1v) is 6.38. The van der Waals surface area contributed by atoms with Gasteiger partial charge in [0.1, 0.15) is 5.82 Å². The van der Waals surface area contributed by atoms with E-state index in [1.807, 2.05) is 0 Å². The molecule has 1 heterocycles. The molecule has 2 rings (SSSR count). The number of amides is 1. The van der Waals surface area contributed by atoms with Gasteiger partial charge in [0.15, 0.2) is 23.1 Å². The third kappa shape index (κ3) is 3.42. The molecule has 0 fully saturated rings.